The molecule has 0 atom stereocenters. The van der Waals surface area contributed by atoms with E-state index in [4.69, 9.17) is 9.72 Å². The number of carbonyl (C=O) groups excluding carboxylic acids is 1. The topological polar surface area (TPSA) is 106 Å². The van der Waals surface area contributed by atoms with Gasteiger partial charge in [-0.15, -0.1) is 5.10 Å². The summed E-state index contributed by atoms with van der Waals surface area (Å²) in [5, 5.41) is 8.21. The predicted molar refractivity (Wildman–Crippen MR) is 127 cm³/mol. The minimum atomic E-state index is -0.289. The standard InChI is InChI=1S/C25H26N6O3/c1-16-7-9-17(10-8-16)15-31-23-21(28-29-31)24(32)27-22(26-23)18-11-13-30(14-12-18)25(33)19-5-3-4-6-20(19)34-2/h3-10,18H,11-15H2,1-2H3,(H,26,27,32). The molecule has 5 rings (SSSR count). The minimum Gasteiger partial charge on any atom is -0.496 e. The summed E-state index contributed by atoms with van der Waals surface area (Å²) in [6.45, 7) is 3.67. The molecule has 3 heterocycles. The fourth-order valence-electron chi connectivity index (χ4n) is 4.40. The number of carbonyl (C=O) groups is 1. The van der Waals surface area contributed by atoms with Gasteiger partial charge in [0.25, 0.3) is 11.5 Å². The van der Waals surface area contributed by atoms with E-state index in [2.05, 4.69) is 15.3 Å². The van der Waals surface area contributed by atoms with Gasteiger partial charge in [0.1, 0.15) is 11.6 Å². The highest BCUT2D eigenvalue weighted by atomic mass is 16.5. The molecule has 0 saturated carbocycles. The second-order valence-corrected chi connectivity index (χ2v) is 8.62. The molecular formula is C25H26N6O3. The SMILES string of the molecule is COc1ccccc1C(=O)N1CCC(c2nc3c(nnn3Cc3ccc(C)cc3)c(=O)[nH]2)CC1. The Hall–Kier alpha value is -4.01. The molecular weight excluding hydrogens is 432 g/mol. The Morgan fingerprint density at radius 1 is 1.12 bits per heavy atom. The van der Waals surface area contributed by atoms with Crippen molar-refractivity contribution < 1.29 is 9.53 Å². The third-order valence-electron chi connectivity index (χ3n) is 6.35. The molecule has 1 aliphatic rings. The normalized spacial score (nSPS) is 14.5. The smallest absolute Gasteiger partial charge is 0.281 e. The number of aromatic nitrogens is 5. The number of methoxy groups -OCH3 is 1. The number of ether oxygens (including phenoxy) is 1. The molecule has 1 amide bonds. The molecule has 1 N–H and O–H groups in total. The van der Waals surface area contributed by atoms with Crippen LogP contribution in [0.25, 0.3) is 11.2 Å². The number of piperidine rings is 1. The van der Waals surface area contributed by atoms with Crippen molar-refractivity contribution in [2.45, 2.75) is 32.2 Å². The monoisotopic (exact) mass is 458 g/mol. The van der Waals surface area contributed by atoms with Gasteiger partial charge in [-0.1, -0.05) is 47.2 Å². The van der Waals surface area contributed by atoms with Crippen molar-refractivity contribution in [3.8, 4) is 5.75 Å². The third-order valence-corrected chi connectivity index (χ3v) is 6.35. The van der Waals surface area contributed by atoms with Crippen molar-refractivity contribution in [3.63, 3.8) is 0 Å². The first-order valence-corrected chi connectivity index (χ1v) is 11.3. The summed E-state index contributed by atoms with van der Waals surface area (Å²) in [4.78, 5) is 35.2. The van der Waals surface area contributed by atoms with E-state index in [1.54, 1.807) is 23.9 Å². The molecule has 1 saturated heterocycles. The van der Waals surface area contributed by atoms with E-state index >= 15 is 0 Å². The van der Waals surface area contributed by atoms with Gasteiger partial charge >= 0.3 is 0 Å². The number of likely N-dealkylation sites (tertiary alicyclic amines) is 1. The molecule has 34 heavy (non-hydrogen) atoms. The van der Waals surface area contributed by atoms with Crippen molar-refractivity contribution in [1.29, 1.82) is 0 Å². The number of para-hydroxylation sites is 1. The average molecular weight is 459 g/mol. The maximum atomic E-state index is 13.0. The quantitative estimate of drug-likeness (QED) is 0.493. The summed E-state index contributed by atoms with van der Waals surface area (Å²) >= 11 is 0. The summed E-state index contributed by atoms with van der Waals surface area (Å²) < 4.78 is 7.01. The van der Waals surface area contributed by atoms with Gasteiger partial charge < -0.3 is 14.6 Å². The van der Waals surface area contributed by atoms with Gasteiger partial charge in [-0.05, 0) is 37.5 Å². The molecule has 1 fully saturated rings. The van der Waals surface area contributed by atoms with Crippen molar-refractivity contribution in [3.05, 3.63) is 81.4 Å². The lowest BCUT2D eigenvalue weighted by atomic mass is 9.95. The lowest BCUT2D eigenvalue weighted by Gasteiger charge is -2.31. The molecule has 1 aliphatic heterocycles. The fourth-order valence-corrected chi connectivity index (χ4v) is 4.40. The van der Waals surface area contributed by atoms with Gasteiger partial charge in [-0.25, -0.2) is 9.67 Å². The minimum absolute atomic E-state index is 0.0431. The van der Waals surface area contributed by atoms with Crippen LogP contribution in [0, 0.1) is 6.92 Å². The highest BCUT2D eigenvalue weighted by Crippen LogP contribution is 2.28. The molecule has 2 aromatic heterocycles. The van der Waals surface area contributed by atoms with Gasteiger partial charge in [0.2, 0.25) is 0 Å². The predicted octanol–water partition coefficient (Wildman–Crippen LogP) is 2.90. The molecule has 0 spiro atoms. The highest BCUT2D eigenvalue weighted by Gasteiger charge is 2.28. The summed E-state index contributed by atoms with van der Waals surface area (Å²) in [5.74, 6) is 1.18. The second kappa shape index (κ2) is 9.09. The van der Waals surface area contributed by atoms with Gasteiger partial charge in [-0.3, -0.25) is 9.59 Å². The number of hydrogen-bond acceptors (Lipinski definition) is 6. The van der Waals surface area contributed by atoms with E-state index in [9.17, 15) is 9.59 Å². The Labute approximate surface area is 196 Å². The van der Waals surface area contributed by atoms with Gasteiger partial charge in [0.05, 0.1) is 19.2 Å². The maximum Gasteiger partial charge on any atom is 0.281 e. The van der Waals surface area contributed by atoms with Crippen LogP contribution in [0.3, 0.4) is 0 Å². The molecule has 2 aromatic carbocycles. The lowest BCUT2D eigenvalue weighted by molar-refractivity contribution is 0.0707. The Morgan fingerprint density at radius 2 is 1.85 bits per heavy atom. The zero-order valence-corrected chi connectivity index (χ0v) is 19.2. The molecule has 4 aromatic rings. The highest BCUT2D eigenvalue weighted by molar-refractivity contribution is 5.97. The summed E-state index contributed by atoms with van der Waals surface area (Å²) in [6, 6.07) is 15.4. The van der Waals surface area contributed by atoms with Crippen LogP contribution in [0.15, 0.2) is 53.3 Å². The Bertz CT molecular complexity index is 1380. The number of benzene rings is 2. The van der Waals surface area contributed by atoms with Crippen molar-refractivity contribution in [1.82, 2.24) is 29.9 Å². The average Bonchev–Trinajstić information content (AvgIpc) is 3.28. The van der Waals surface area contributed by atoms with E-state index in [0.29, 0.717) is 55.3 Å². The summed E-state index contributed by atoms with van der Waals surface area (Å²) in [5.41, 5.74) is 3.22. The van der Waals surface area contributed by atoms with E-state index < -0.39 is 0 Å². The first-order chi connectivity index (χ1) is 16.5. The first-order valence-electron chi connectivity index (χ1n) is 11.3. The number of rotatable bonds is 5. The van der Waals surface area contributed by atoms with Crippen LogP contribution < -0.4 is 10.3 Å². The number of fused-ring (bicyclic) bond motifs is 1. The number of aromatic amines is 1. The molecule has 0 aliphatic carbocycles. The van der Waals surface area contributed by atoms with Gasteiger partial charge in [0.15, 0.2) is 11.2 Å². The van der Waals surface area contributed by atoms with Crippen LogP contribution in [-0.4, -0.2) is 56.0 Å². The molecule has 174 valence electrons. The van der Waals surface area contributed by atoms with Crippen LogP contribution >= 0.6 is 0 Å². The van der Waals surface area contributed by atoms with Crippen molar-refractivity contribution >= 4 is 17.1 Å². The van der Waals surface area contributed by atoms with Crippen LogP contribution in [0.5, 0.6) is 5.75 Å². The first kappa shape index (κ1) is 21.8. The number of amides is 1. The Morgan fingerprint density at radius 3 is 2.59 bits per heavy atom. The second-order valence-electron chi connectivity index (χ2n) is 8.62. The number of nitrogens with zero attached hydrogens (tertiary/aromatic N) is 5. The molecule has 9 heteroatoms. The lowest BCUT2D eigenvalue weighted by Crippen LogP contribution is -2.38. The van der Waals surface area contributed by atoms with Gasteiger partial charge in [0, 0.05) is 19.0 Å². The summed E-state index contributed by atoms with van der Waals surface area (Å²) in [6.07, 6.45) is 1.41. The van der Waals surface area contributed by atoms with Crippen LogP contribution in [-0.2, 0) is 6.54 Å². The van der Waals surface area contributed by atoms with Crippen LogP contribution in [0.4, 0.5) is 0 Å². The largest absolute Gasteiger partial charge is 0.496 e. The Kier molecular flexibility index (Phi) is 5.83. The van der Waals surface area contributed by atoms with Crippen LogP contribution in [0.1, 0.15) is 46.1 Å². The fraction of sp³-hybridized carbons (Fsp3) is 0.320. The van der Waals surface area contributed by atoms with Crippen LogP contribution in [0.2, 0.25) is 0 Å². The number of nitrogens with one attached hydrogen (secondary N) is 1. The van der Waals surface area contributed by atoms with E-state index in [1.807, 2.05) is 48.2 Å². The maximum absolute atomic E-state index is 13.0. The number of H-pyrrole nitrogens is 1. The van der Waals surface area contributed by atoms with E-state index in [-0.39, 0.29) is 22.9 Å². The molecule has 9 nitrogen and oxygen atoms in total. The molecule has 0 radical (unpaired) electrons. The molecule has 0 unspecified atom stereocenters. The van der Waals surface area contributed by atoms with E-state index in [1.165, 1.54) is 5.56 Å². The number of aryl methyl sites for hydroxylation is 1. The van der Waals surface area contributed by atoms with Crippen molar-refractivity contribution in [2.75, 3.05) is 20.2 Å². The third kappa shape index (κ3) is 4.16. The summed E-state index contributed by atoms with van der Waals surface area (Å²) in [7, 11) is 1.56. The zero-order chi connectivity index (χ0) is 23.7. The Balaban J connectivity index is 1.34. The van der Waals surface area contributed by atoms with Gasteiger partial charge in [-0.2, -0.15) is 0 Å². The number of hydrogen-bond donors (Lipinski definition) is 1. The molecule has 0 bridgehead atoms. The van der Waals surface area contributed by atoms with Crippen molar-refractivity contribution in [2.24, 2.45) is 0 Å². The van der Waals surface area contributed by atoms with E-state index in [0.717, 1.165) is 5.56 Å². The zero-order valence-electron chi connectivity index (χ0n) is 19.2.